The van der Waals surface area contributed by atoms with Crippen LogP contribution >= 0.6 is 22.7 Å². The lowest BCUT2D eigenvalue weighted by Gasteiger charge is -1.86. The molecule has 0 aliphatic rings. The van der Waals surface area contributed by atoms with Gasteiger partial charge >= 0.3 is 0 Å². The Balaban J connectivity index is 2.27. The zero-order chi connectivity index (χ0) is 9.80. The molecule has 0 unspecified atom stereocenters. The molecule has 2 aromatic heterocycles. The van der Waals surface area contributed by atoms with Crippen LogP contribution in [0.5, 0.6) is 0 Å². The minimum absolute atomic E-state index is 1.20. The summed E-state index contributed by atoms with van der Waals surface area (Å²) in [6.45, 7) is 0. The summed E-state index contributed by atoms with van der Waals surface area (Å²) in [4.78, 5) is 3.82. The van der Waals surface area contributed by atoms with E-state index in [1.54, 1.807) is 28.7 Å². The molecule has 0 bridgehead atoms. The Morgan fingerprint density at radius 2 is 2.14 bits per heavy atom. The molecule has 0 fully saturated rings. The van der Waals surface area contributed by atoms with Crippen LogP contribution < -0.4 is 0 Å². The maximum Gasteiger partial charge on any atom is 0.0448 e. The van der Waals surface area contributed by atoms with E-state index in [1.807, 2.05) is 6.08 Å². The van der Waals surface area contributed by atoms with Crippen LogP contribution in [0.15, 0.2) is 35.7 Å². The lowest BCUT2D eigenvalue weighted by atomic mass is 10.3. The molecule has 0 nitrogen and oxygen atoms in total. The van der Waals surface area contributed by atoms with E-state index in [9.17, 15) is 0 Å². The van der Waals surface area contributed by atoms with Gasteiger partial charge in [-0.15, -0.1) is 29.1 Å². The molecule has 2 heterocycles. The predicted molar refractivity (Wildman–Crippen MR) is 65.5 cm³/mol. The Labute approximate surface area is 91.5 Å². The van der Waals surface area contributed by atoms with Crippen molar-refractivity contribution in [3.05, 3.63) is 40.6 Å². The molecule has 68 valence electrons. The predicted octanol–water partition coefficient (Wildman–Crippen LogP) is 4.12. The van der Waals surface area contributed by atoms with Crippen LogP contribution in [0.25, 0.3) is 15.8 Å². The summed E-state index contributed by atoms with van der Waals surface area (Å²) >= 11 is 3.52. The zero-order valence-corrected chi connectivity index (χ0v) is 9.07. The van der Waals surface area contributed by atoms with Gasteiger partial charge in [0.15, 0.2) is 0 Å². The minimum atomic E-state index is 1.20. The van der Waals surface area contributed by atoms with Crippen molar-refractivity contribution < 1.29 is 0 Å². The number of terminal acetylenes is 1. The Morgan fingerprint density at radius 3 is 2.86 bits per heavy atom. The maximum absolute atomic E-state index is 5.15. The molecule has 0 amide bonds. The SMILES string of the molecule is C#CC=Cc1ccc(-c2cccs2)s1. The molecule has 2 aromatic rings. The van der Waals surface area contributed by atoms with Crippen molar-refractivity contribution >= 4 is 28.7 Å². The molecule has 0 aromatic carbocycles. The number of hydrogen-bond acceptors (Lipinski definition) is 2. The maximum atomic E-state index is 5.15. The van der Waals surface area contributed by atoms with Crippen molar-refractivity contribution in [1.29, 1.82) is 0 Å². The third kappa shape index (κ3) is 1.95. The van der Waals surface area contributed by atoms with Crippen LogP contribution in [0.2, 0.25) is 0 Å². The fourth-order valence-electron chi connectivity index (χ4n) is 1.12. The molecule has 2 heteroatoms. The number of hydrogen-bond donors (Lipinski definition) is 0. The van der Waals surface area contributed by atoms with Crippen molar-refractivity contribution in [2.75, 3.05) is 0 Å². The van der Waals surface area contributed by atoms with Crippen LogP contribution in [0.3, 0.4) is 0 Å². The van der Waals surface area contributed by atoms with Gasteiger partial charge in [0, 0.05) is 14.6 Å². The highest BCUT2D eigenvalue weighted by molar-refractivity contribution is 7.21. The standard InChI is InChI=1S/C12H8S2/c1-2-3-5-10-7-8-12(14-10)11-6-4-9-13-11/h1,3-9H. The highest BCUT2D eigenvalue weighted by atomic mass is 32.1. The highest BCUT2D eigenvalue weighted by Gasteiger charge is 2.00. The molecule has 0 aliphatic carbocycles. The third-order valence-corrected chi connectivity index (χ3v) is 3.85. The van der Waals surface area contributed by atoms with Gasteiger partial charge in [-0.1, -0.05) is 12.0 Å². The van der Waals surface area contributed by atoms with Gasteiger partial charge in [-0.3, -0.25) is 0 Å². The first-order valence-corrected chi connectivity index (χ1v) is 5.86. The molecule has 0 spiro atoms. The van der Waals surface area contributed by atoms with E-state index in [-0.39, 0.29) is 0 Å². The summed E-state index contributed by atoms with van der Waals surface area (Å²) in [5, 5.41) is 2.09. The van der Waals surface area contributed by atoms with Crippen molar-refractivity contribution in [3.63, 3.8) is 0 Å². The smallest absolute Gasteiger partial charge is 0.0448 e. The van der Waals surface area contributed by atoms with Gasteiger partial charge in [-0.05, 0) is 35.7 Å². The first-order valence-electron chi connectivity index (χ1n) is 4.16. The molecule has 2 rings (SSSR count). The largest absolute Gasteiger partial charge is 0.143 e. The van der Waals surface area contributed by atoms with E-state index >= 15 is 0 Å². The van der Waals surface area contributed by atoms with Crippen molar-refractivity contribution in [2.45, 2.75) is 0 Å². The van der Waals surface area contributed by atoms with Gasteiger partial charge < -0.3 is 0 Å². The number of thiophene rings is 2. The van der Waals surface area contributed by atoms with Gasteiger partial charge in [-0.25, -0.2) is 0 Å². The van der Waals surface area contributed by atoms with E-state index in [1.165, 1.54) is 14.6 Å². The van der Waals surface area contributed by atoms with Gasteiger partial charge in [-0.2, -0.15) is 0 Å². The zero-order valence-electron chi connectivity index (χ0n) is 7.44. The fraction of sp³-hybridized carbons (Fsp3) is 0. The first kappa shape index (κ1) is 9.26. The quantitative estimate of drug-likeness (QED) is 0.662. The Kier molecular flexibility index (Phi) is 2.83. The summed E-state index contributed by atoms with van der Waals surface area (Å²) in [5.74, 6) is 2.49. The number of allylic oxidation sites excluding steroid dienone is 1. The molecule has 0 radical (unpaired) electrons. The monoisotopic (exact) mass is 216 g/mol. The summed E-state index contributed by atoms with van der Waals surface area (Å²) in [5.41, 5.74) is 0. The second kappa shape index (κ2) is 4.28. The lowest BCUT2D eigenvalue weighted by molar-refractivity contribution is 1.91. The topological polar surface area (TPSA) is 0 Å². The van der Waals surface area contributed by atoms with E-state index in [0.29, 0.717) is 0 Å². The molecule has 14 heavy (non-hydrogen) atoms. The van der Waals surface area contributed by atoms with Crippen LogP contribution in [-0.4, -0.2) is 0 Å². The average molecular weight is 216 g/mol. The highest BCUT2D eigenvalue weighted by Crippen LogP contribution is 2.31. The number of rotatable bonds is 2. The van der Waals surface area contributed by atoms with Crippen LogP contribution in [0, 0.1) is 12.3 Å². The first-order chi connectivity index (χ1) is 6.90. The summed E-state index contributed by atoms with van der Waals surface area (Å²) < 4.78 is 0. The molecule has 0 atom stereocenters. The molecule has 0 saturated heterocycles. The summed E-state index contributed by atoms with van der Waals surface area (Å²) in [7, 11) is 0. The van der Waals surface area contributed by atoms with E-state index < -0.39 is 0 Å². The van der Waals surface area contributed by atoms with Crippen LogP contribution in [0.1, 0.15) is 4.88 Å². The van der Waals surface area contributed by atoms with Crippen molar-refractivity contribution in [3.8, 4) is 22.1 Å². The van der Waals surface area contributed by atoms with Crippen molar-refractivity contribution in [2.24, 2.45) is 0 Å². The molecular formula is C12H8S2. The Bertz CT molecular complexity index is 467. The van der Waals surface area contributed by atoms with Crippen LogP contribution in [0.4, 0.5) is 0 Å². The summed E-state index contributed by atoms with van der Waals surface area (Å²) in [6.07, 6.45) is 8.83. The van der Waals surface area contributed by atoms with E-state index in [0.717, 1.165) is 0 Å². The Hall–Kier alpha value is -1.30. The molecular weight excluding hydrogens is 208 g/mol. The second-order valence-electron chi connectivity index (χ2n) is 2.68. The van der Waals surface area contributed by atoms with E-state index in [4.69, 9.17) is 6.42 Å². The molecule has 0 saturated carbocycles. The Morgan fingerprint density at radius 1 is 1.21 bits per heavy atom. The third-order valence-electron chi connectivity index (χ3n) is 1.73. The lowest BCUT2D eigenvalue weighted by Crippen LogP contribution is -1.56. The summed E-state index contributed by atoms with van der Waals surface area (Å²) in [6, 6.07) is 8.42. The average Bonchev–Trinajstić information content (AvgIpc) is 2.85. The van der Waals surface area contributed by atoms with E-state index in [2.05, 4.69) is 35.6 Å². The molecule has 0 N–H and O–H groups in total. The van der Waals surface area contributed by atoms with Gasteiger partial charge in [0.2, 0.25) is 0 Å². The minimum Gasteiger partial charge on any atom is -0.143 e. The fourth-order valence-corrected chi connectivity index (χ4v) is 2.87. The van der Waals surface area contributed by atoms with Crippen molar-refractivity contribution in [1.82, 2.24) is 0 Å². The second-order valence-corrected chi connectivity index (χ2v) is 4.74. The van der Waals surface area contributed by atoms with Crippen LogP contribution in [-0.2, 0) is 0 Å². The van der Waals surface area contributed by atoms with Gasteiger partial charge in [0.1, 0.15) is 0 Å². The van der Waals surface area contributed by atoms with Gasteiger partial charge in [0.05, 0.1) is 0 Å². The van der Waals surface area contributed by atoms with Gasteiger partial charge in [0.25, 0.3) is 0 Å². The normalized spacial score (nSPS) is 10.5. The molecule has 0 aliphatic heterocycles.